The van der Waals surface area contributed by atoms with Crippen LogP contribution in [-0.2, 0) is 13.0 Å². The average Bonchev–Trinajstić information content (AvgIpc) is 2.79. The number of fused-ring (bicyclic) bond motifs is 1. The highest BCUT2D eigenvalue weighted by Gasteiger charge is 2.30. The summed E-state index contributed by atoms with van der Waals surface area (Å²) in [5.74, 6) is -0.413. The van der Waals surface area contributed by atoms with Gasteiger partial charge in [-0.15, -0.1) is 0 Å². The molecule has 0 bridgehead atoms. The Hall–Kier alpha value is -1.32. The SMILES string of the molecule is O=C(O)c1nn2c(c1C1CCCCC1)CCCC2. The third kappa shape index (κ3) is 1.93. The average molecular weight is 248 g/mol. The second-order valence-electron chi connectivity index (χ2n) is 5.53. The van der Waals surface area contributed by atoms with E-state index >= 15 is 0 Å². The maximum absolute atomic E-state index is 11.4. The van der Waals surface area contributed by atoms with Crippen LogP contribution in [0.1, 0.15) is 72.6 Å². The molecule has 4 nitrogen and oxygen atoms in total. The molecule has 0 radical (unpaired) electrons. The minimum Gasteiger partial charge on any atom is -0.476 e. The smallest absolute Gasteiger partial charge is 0.356 e. The minimum absolute atomic E-state index is 0.332. The molecule has 2 aliphatic rings. The van der Waals surface area contributed by atoms with Crippen molar-refractivity contribution in [3.05, 3.63) is 17.0 Å². The van der Waals surface area contributed by atoms with Crippen molar-refractivity contribution in [3.63, 3.8) is 0 Å². The molecule has 18 heavy (non-hydrogen) atoms. The quantitative estimate of drug-likeness (QED) is 0.875. The summed E-state index contributed by atoms with van der Waals surface area (Å²) >= 11 is 0. The van der Waals surface area contributed by atoms with E-state index in [1.165, 1.54) is 31.4 Å². The number of aromatic nitrogens is 2. The summed E-state index contributed by atoms with van der Waals surface area (Å²) in [6.45, 7) is 0.891. The van der Waals surface area contributed by atoms with E-state index in [2.05, 4.69) is 5.10 Å². The predicted molar refractivity (Wildman–Crippen MR) is 68.0 cm³/mol. The zero-order valence-corrected chi connectivity index (χ0v) is 10.7. The molecule has 1 N–H and O–H groups in total. The number of hydrogen-bond donors (Lipinski definition) is 1. The fourth-order valence-electron chi connectivity index (χ4n) is 3.49. The van der Waals surface area contributed by atoms with E-state index in [0.29, 0.717) is 11.6 Å². The summed E-state index contributed by atoms with van der Waals surface area (Å²) in [6, 6.07) is 0. The van der Waals surface area contributed by atoms with Gasteiger partial charge in [0, 0.05) is 17.8 Å². The molecule has 1 aliphatic heterocycles. The molecule has 0 atom stereocenters. The Kier molecular flexibility index (Phi) is 3.10. The lowest BCUT2D eigenvalue weighted by molar-refractivity contribution is 0.0687. The molecule has 1 aromatic rings. The van der Waals surface area contributed by atoms with E-state index in [-0.39, 0.29) is 0 Å². The highest BCUT2D eigenvalue weighted by molar-refractivity contribution is 5.87. The van der Waals surface area contributed by atoms with Crippen LogP contribution in [0.15, 0.2) is 0 Å². The van der Waals surface area contributed by atoms with Crippen LogP contribution in [0, 0.1) is 0 Å². The number of rotatable bonds is 2. The van der Waals surface area contributed by atoms with E-state index in [4.69, 9.17) is 0 Å². The van der Waals surface area contributed by atoms with Gasteiger partial charge >= 0.3 is 5.97 Å². The van der Waals surface area contributed by atoms with Gasteiger partial charge in [0.25, 0.3) is 0 Å². The van der Waals surface area contributed by atoms with Crippen molar-refractivity contribution in [1.29, 1.82) is 0 Å². The Balaban J connectivity index is 2.03. The number of nitrogens with zero attached hydrogens (tertiary/aromatic N) is 2. The van der Waals surface area contributed by atoms with Crippen LogP contribution >= 0.6 is 0 Å². The van der Waals surface area contributed by atoms with Crippen molar-refractivity contribution in [2.45, 2.75) is 63.8 Å². The van der Waals surface area contributed by atoms with Gasteiger partial charge in [-0.3, -0.25) is 4.68 Å². The zero-order valence-electron chi connectivity index (χ0n) is 10.7. The van der Waals surface area contributed by atoms with Crippen LogP contribution in [0.4, 0.5) is 0 Å². The van der Waals surface area contributed by atoms with Crippen molar-refractivity contribution in [3.8, 4) is 0 Å². The van der Waals surface area contributed by atoms with Gasteiger partial charge < -0.3 is 5.11 Å². The van der Waals surface area contributed by atoms with Gasteiger partial charge in [-0.05, 0) is 38.0 Å². The van der Waals surface area contributed by atoms with Gasteiger partial charge in [-0.25, -0.2) is 4.79 Å². The third-order valence-corrected chi connectivity index (χ3v) is 4.35. The third-order valence-electron chi connectivity index (χ3n) is 4.35. The first kappa shape index (κ1) is 11.8. The fourth-order valence-corrected chi connectivity index (χ4v) is 3.49. The summed E-state index contributed by atoms with van der Waals surface area (Å²) in [7, 11) is 0. The number of aryl methyl sites for hydroxylation is 1. The molecule has 0 saturated heterocycles. The van der Waals surface area contributed by atoms with E-state index in [0.717, 1.165) is 37.8 Å². The van der Waals surface area contributed by atoms with E-state index in [1.54, 1.807) is 0 Å². The van der Waals surface area contributed by atoms with E-state index < -0.39 is 5.97 Å². The van der Waals surface area contributed by atoms with Gasteiger partial charge in [-0.2, -0.15) is 5.10 Å². The van der Waals surface area contributed by atoms with Crippen LogP contribution < -0.4 is 0 Å². The Bertz CT molecular complexity index is 459. The van der Waals surface area contributed by atoms with Crippen molar-refractivity contribution >= 4 is 5.97 Å². The summed E-state index contributed by atoms with van der Waals surface area (Å²) in [5.41, 5.74) is 2.62. The summed E-state index contributed by atoms with van der Waals surface area (Å²) < 4.78 is 1.96. The fraction of sp³-hybridized carbons (Fsp3) is 0.714. The number of carboxylic acid groups (broad SMARTS) is 1. The molecular formula is C14H20N2O2. The molecule has 0 spiro atoms. The van der Waals surface area contributed by atoms with Crippen molar-refractivity contribution in [2.75, 3.05) is 0 Å². The Morgan fingerprint density at radius 1 is 1.17 bits per heavy atom. The number of carbonyl (C=O) groups is 1. The molecular weight excluding hydrogens is 228 g/mol. The van der Waals surface area contributed by atoms with Gasteiger partial charge in [0.2, 0.25) is 0 Å². The molecule has 0 aromatic carbocycles. The molecule has 1 aliphatic carbocycles. The van der Waals surface area contributed by atoms with E-state index in [1.807, 2.05) is 4.68 Å². The standard InChI is InChI=1S/C14H20N2O2/c17-14(18)13-12(10-6-2-1-3-7-10)11-8-4-5-9-16(11)15-13/h10H,1-9H2,(H,17,18). The number of hydrogen-bond acceptors (Lipinski definition) is 2. The second-order valence-corrected chi connectivity index (χ2v) is 5.53. The predicted octanol–water partition coefficient (Wildman–Crippen LogP) is 2.97. The highest BCUT2D eigenvalue weighted by Crippen LogP contribution is 2.37. The molecule has 0 unspecified atom stereocenters. The lowest BCUT2D eigenvalue weighted by Crippen LogP contribution is -2.14. The number of aromatic carboxylic acids is 1. The van der Waals surface area contributed by atoms with Gasteiger partial charge in [-0.1, -0.05) is 19.3 Å². The van der Waals surface area contributed by atoms with Crippen molar-refractivity contribution in [1.82, 2.24) is 9.78 Å². The maximum Gasteiger partial charge on any atom is 0.356 e. The Morgan fingerprint density at radius 2 is 1.94 bits per heavy atom. The molecule has 4 heteroatoms. The molecule has 1 fully saturated rings. The maximum atomic E-state index is 11.4. The normalized spacial score (nSPS) is 20.7. The van der Waals surface area contributed by atoms with Crippen molar-refractivity contribution in [2.24, 2.45) is 0 Å². The molecule has 1 aromatic heterocycles. The van der Waals surface area contributed by atoms with Crippen LogP contribution in [0.5, 0.6) is 0 Å². The summed E-state index contributed by atoms with van der Waals surface area (Å²) in [5, 5.41) is 13.7. The Morgan fingerprint density at radius 3 is 2.67 bits per heavy atom. The molecule has 3 rings (SSSR count). The van der Waals surface area contributed by atoms with Crippen LogP contribution in [0.2, 0.25) is 0 Å². The first-order valence-electron chi connectivity index (χ1n) is 7.10. The summed E-state index contributed by atoms with van der Waals surface area (Å²) in [6.07, 6.45) is 9.33. The van der Waals surface area contributed by atoms with Gasteiger partial charge in [0.15, 0.2) is 5.69 Å². The topological polar surface area (TPSA) is 55.1 Å². The minimum atomic E-state index is -0.850. The Labute approximate surface area is 107 Å². The first-order chi connectivity index (χ1) is 8.77. The second kappa shape index (κ2) is 4.75. The molecule has 2 heterocycles. The largest absolute Gasteiger partial charge is 0.476 e. The van der Waals surface area contributed by atoms with Crippen LogP contribution in [0.25, 0.3) is 0 Å². The monoisotopic (exact) mass is 248 g/mol. The lowest BCUT2D eigenvalue weighted by Gasteiger charge is -2.24. The summed E-state index contributed by atoms with van der Waals surface area (Å²) in [4.78, 5) is 11.4. The zero-order chi connectivity index (χ0) is 12.5. The first-order valence-corrected chi connectivity index (χ1v) is 7.10. The lowest BCUT2D eigenvalue weighted by atomic mass is 9.82. The van der Waals surface area contributed by atoms with E-state index in [9.17, 15) is 9.90 Å². The molecule has 1 saturated carbocycles. The van der Waals surface area contributed by atoms with Crippen molar-refractivity contribution < 1.29 is 9.90 Å². The van der Waals surface area contributed by atoms with Gasteiger partial charge in [0.1, 0.15) is 0 Å². The molecule has 98 valence electrons. The van der Waals surface area contributed by atoms with Gasteiger partial charge in [0.05, 0.1) is 0 Å². The molecule has 0 amide bonds. The highest BCUT2D eigenvalue weighted by atomic mass is 16.4. The van der Waals surface area contributed by atoms with Crippen LogP contribution in [-0.4, -0.2) is 20.9 Å². The van der Waals surface area contributed by atoms with Crippen LogP contribution in [0.3, 0.4) is 0 Å². The number of carboxylic acids is 1.